The van der Waals surface area contributed by atoms with E-state index in [9.17, 15) is 0 Å². The summed E-state index contributed by atoms with van der Waals surface area (Å²) >= 11 is 0. The van der Waals surface area contributed by atoms with Gasteiger partial charge < -0.3 is 4.98 Å². The van der Waals surface area contributed by atoms with Crippen LogP contribution in [0, 0.1) is 13.8 Å². The summed E-state index contributed by atoms with van der Waals surface area (Å²) in [5, 5.41) is 23.1. The first kappa shape index (κ1) is 16.4. The number of nitrogens with zero attached hydrogens (tertiary/aromatic N) is 6. The number of fused-ring (bicyclic) bond motifs is 1. The van der Waals surface area contributed by atoms with Crippen LogP contribution >= 0.6 is 0 Å². The molecule has 2 aromatic carbocycles. The Morgan fingerprint density at radius 3 is 2.46 bits per heavy atom. The molecule has 5 rings (SSSR count). The molecule has 0 radical (unpaired) electrons. The number of aryl methyl sites for hydroxylation is 2. The second-order valence-corrected chi connectivity index (χ2v) is 6.78. The van der Waals surface area contributed by atoms with Gasteiger partial charge >= 0.3 is 0 Å². The SMILES string of the molecule is Cc1nn2nc(C)c(Cc3ccc(-c4ccccc4-c4nnn[nH]4)cc3)c2[nH]1. The largest absolute Gasteiger partial charge is 0.325 e. The Morgan fingerprint density at radius 2 is 1.71 bits per heavy atom. The van der Waals surface area contributed by atoms with Crippen LogP contribution in [0.3, 0.4) is 0 Å². The molecule has 0 amide bonds. The standard InChI is InChI=1S/C20H18N8/c1-12-18(20-21-13(2)25-28(20)24-12)11-14-7-9-15(10-8-14)16-5-3-4-6-17(16)19-22-26-27-23-19/h3-10H,11H2,1-2H3,(H,21,25)(H,22,23,26,27). The number of hydrogen-bond acceptors (Lipinski definition) is 5. The molecule has 0 aliphatic rings. The van der Waals surface area contributed by atoms with Gasteiger partial charge in [-0.15, -0.1) is 14.8 Å². The van der Waals surface area contributed by atoms with Crippen LogP contribution in [-0.4, -0.2) is 40.4 Å². The van der Waals surface area contributed by atoms with Crippen molar-refractivity contribution >= 4 is 5.65 Å². The average molecular weight is 370 g/mol. The van der Waals surface area contributed by atoms with Gasteiger partial charge in [-0.3, -0.25) is 0 Å². The van der Waals surface area contributed by atoms with Gasteiger partial charge in [0.15, 0.2) is 11.5 Å². The average Bonchev–Trinajstić information content (AvgIpc) is 3.41. The van der Waals surface area contributed by atoms with Crippen LogP contribution in [0.4, 0.5) is 0 Å². The molecule has 3 heterocycles. The maximum atomic E-state index is 4.49. The topological polar surface area (TPSA) is 100 Å². The third kappa shape index (κ3) is 2.75. The molecule has 8 heteroatoms. The Bertz CT molecular complexity index is 1250. The number of H-pyrrole nitrogens is 2. The van der Waals surface area contributed by atoms with Crippen molar-refractivity contribution in [1.82, 2.24) is 40.4 Å². The van der Waals surface area contributed by atoms with E-state index in [4.69, 9.17) is 0 Å². The Morgan fingerprint density at radius 1 is 0.929 bits per heavy atom. The summed E-state index contributed by atoms with van der Waals surface area (Å²) in [6.07, 6.45) is 0.797. The Hall–Kier alpha value is -3.81. The van der Waals surface area contributed by atoms with Crippen molar-refractivity contribution < 1.29 is 0 Å². The molecule has 0 aliphatic heterocycles. The number of aromatic amines is 2. The molecule has 0 spiro atoms. The smallest absolute Gasteiger partial charge is 0.180 e. The van der Waals surface area contributed by atoms with E-state index in [1.54, 1.807) is 4.63 Å². The van der Waals surface area contributed by atoms with Crippen molar-refractivity contribution in [2.75, 3.05) is 0 Å². The molecule has 28 heavy (non-hydrogen) atoms. The maximum Gasteiger partial charge on any atom is 0.180 e. The summed E-state index contributed by atoms with van der Waals surface area (Å²) in [5.74, 6) is 1.52. The fraction of sp³-hybridized carbons (Fsp3) is 0.150. The molecule has 0 atom stereocenters. The second kappa shape index (κ2) is 6.41. The number of rotatable bonds is 4. The van der Waals surface area contributed by atoms with Gasteiger partial charge in [0.05, 0.1) is 5.69 Å². The highest BCUT2D eigenvalue weighted by Crippen LogP contribution is 2.30. The predicted molar refractivity (Wildman–Crippen MR) is 105 cm³/mol. The van der Waals surface area contributed by atoms with E-state index < -0.39 is 0 Å². The number of aromatic nitrogens is 8. The van der Waals surface area contributed by atoms with Crippen molar-refractivity contribution in [3.8, 4) is 22.5 Å². The lowest BCUT2D eigenvalue weighted by Crippen LogP contribution is -1.92. The second-order valence-electron chi connectivity index (χ2n) is 6.78. The van der Waals surface area contributed by atoms with Gasteiger partial charge in [-0.25, -0.2) is 5.10 Å². The van der Waals surface area contributed by atoms with Crippen LogP contribution < -0.4 is 0 Å². The molecular formula is C20H18N8. The molecule has 0 saturated carbocycles. The van der Waals surface area contributed by atoms with Crippen LogP contribution in [-0.2, 0) is 6.42 Å². The first-order valence-corrected chi connectivity index (χ1v) is 9.02. The molecule has 5 aromatic rings. The minimum Gasteiger partial charge on any atom is -0.325 e. The molecule has 138 valence electrons. The summed E-state index contributed by atoms with van der Waals surface area (Å²) in [6.45, 7) is 3.95. The molecule has 0 unspecified atom stereocenters. The van der Waals surface area contributed by atoms with E-state index in [0.29, 0.717) is 5.82 Å². The third-order valence-corrected chi connectivity index (χ3v) is 4.88. The van der Waals surface area contributed by atoms with Crippen LogP contribution in [0.1, 0.15) is 22.6 Å². The zero-order valence-electron chi connectivity index (χ0n) is 15.5. The van der Waals surface area contributed by atoms with Gasteiger partial charge in [0.2, 0.25) is 0 Å². The summed E-state index contributed by atoms with van der Waals surface area (Å²) in [7, 11) is 0. The minimum absolute atomic E-state index is 0.659. The number of nitrogens with one attached hydrogen (secondary N) is 2. The fourth-order valence-electron chi connectivity index (χ4n) is 3.51. The Balaban J connectivity index is 1.48. The summed E-state index contributed by atoms with van der Waals surface area (Å²) in [4.78, 5) is 3.30. The van der Waals surface area contributed by atoms with Gasteiger partial charge in [-0.2, -0.15) is 5.10 Å². The highest BCUT2D eigenvalue weighted by molar-refractivity contribution is 5.80. The van der Waals surface area contributed by atoms with E-state index in [1.165, 1.54) is 11.1 Å². The summed E-state index contributed by atoms with van der Waals surface area (Å²) in [5.41, 5.74) is 7.51. The number of hydrogen-bond donors (Lipinski definition) is 2. The normalized spacial score (nSPS) is 11.4. The van der Waals surface area contributed by atoms with Gasteiger partial charge in [0.25, 0.3) is 0 Å². The first-order valence-electron chi connectivity index (χ1n) is 9.02. The summed E-state index contributed by atoms with van der Waals surface area (Å²) < 4.78 is 1.68. The Labute approximate surface area is 160 Å². The number of benzene rings is 2. The van der Waals surface area contributed by atoms with Crippen LogP contribution in [0.15, 0.2) is 48.5 Å². The highest BCUT2D eigenvalue weighted by atomic mass is 15.5. The van der Waals surface area contributed by atoms with Crippen LogP contribution in [0.25, 0.3) is 28.2 Å². The third-order valence-electron chi connectivity index (χ3n) is 4.88. The maximum absolute atomic E-state index is 4.49. The van der Waals surface area contributed by atoms with E-state index in [1.807, 2.05) is 32.0 Å². The lowest BCUT2D eigenvalue weighted by Gasteiger charge is -2.08. The monoisotopic (exact) mass is 370 g/mol. The molecular weight excluding hydrogens is 352 g/mol. The van der Waals surface area contributed by atoms with E-state index in [-0.39, 0.29) is 0 Å². The Kier molecular flexibility index (Phi) is 3.75. The molecule has 2 N–H and O–H groups in total. The zero-order chi connectivity index (χ0) is 19.1. The molecule has 0 aliphatic carbocycles. The lowest BCUT2D eigenvalue weighted by molar-refractivity contribution is 0.793. The van der Waals surface area contributed by atoms with Crippen molar-refractivity contribution in [2.24, 2.45) is 0 Å². The van der Waals surface area contributed by atoms with Crippen LogP contribution in [0.2, 0.25) is 0 Å². The molecule has 0 saturated heterocycles. The minimum atomic E-state index is 0.659. The quantitative estimate of drug-likeness (QED) is 0.506. The molecule has 8 nitrogen and oxygen atoms in total. The van der Waals surface area contributed by atoms with Gasteiger partial charge in [0.1, 0.15) is 5.82 Å². The van der Waals surface area contributed by atoms with E-state index in [2.05, 4.69) is 66.1 Å². The van der Waals surface area contributed by atoms with Crippen molar-refractivity contribution in [2.45, 2.75) is 20.3 Å². The zero-order valence-corrected chi connectivity index (χ0v) is 15.5. The number of tetrazole rings is 1. The lowest BCUT2D eigenvalue weighted by atomic mass is 9.97. The molecule has 0 bridgehead atoms. The van der Waals surface area contributed by atoms with E-state index in [0.717, 1.165) is 40.3 Å². The highest BCUT2D eigenvalue weighted by Gasteiger charge is 2.14. The van der Waals surface area contributed by atoms with Gasteiger partial charge in [-0.1, -0.05) is 48.5 Å². The van der Waals surface area contributed by atoms with Gasteiger partial charge in [0, 0.05) is 17.5 Å². The van der Waals surface area contributed by atoms with Gasteiger partial charge in [-0.05, 0) is 41.0 Å². The van der Waals surface area contributed by atoms with Crippen molar-refractivity contribution in [3.63, 3.8) is 0 Å². The van der Waals surface area contributed by atoms with Crippen molar-refractivity contribution in [3.05, 3.63) is 71.2 Å². The molecule has 3 aromatic heterocycles. The fourth-order valence-corrected chi connectivity index (χ4v) is 3.51. The summed E-state index contributed by atoms with van der Waals surface area (Å²) in [6, 6.07) is 16.6. The first-order chi connectivity index (χ1) is 13.7. The van der Waals surface area contributed by atoms with Crippen LogP contribution in [0.5, 0.6) is 0 Å². The molecule has 0 fully saturated rings. The van der Waals surface area contributed by atoms with Crippen molar-refractivity contribution in [1.29, 1.82) is 0 Å². The predicted octanol–water partition coefficient (Wildman–Crippen LogP) is 3.11. The van der Waals surface area contributed by atoms with E-state index >= 15 is 0 Å².